The molecule has 0 amide bonds. The fourth-order valence-electron chi connectivity index (χ4n) is 7.47. The smallest absolute Gasteiger partial charge is 0.361 e. The number of carbonyl (C=O) groups is 3. The molecule has 0 bridgehead atoms. The van der Waals surface area contributed by atoms with E-state index in [9.17, 15) is 19.2 Å². The third-order valence-corrected chi connectivity index (χ3v) is 10.5. The molecule has 0 atom stereocenters. The Hall–Kier alpha value is -6.16. The van der Waals surface area contributed by atoms with Crippen molar-refractivity contribution in [3.8, 4) is 45.6 Å². The Kier molecular flexibility index (Phi) is 15.2. The van der Waals surface area contributed by atoms with Gasteiger partial charge in [0, 0.05) is 53.2 Å². The maximum atomic E-state index is 14.2. The second kappa shape index (κ2) is 20.9. The molecule has 0 aliphatic heterocycles. The normalized spacial score (nSPS) is 11.4. The molecule has 0 unspecified atom stereocenters. The number of pyridine rings is 1. The van der Waals surface area contributed by atoms with E-state index in [1.165, 1.54) is 27.4 Å². The van der Waals surface area contributed by atoms with Gasteiger partial charge in [-0.2, -0.15) is 0 Å². The Morgan fingerprint density at radius 2 is 1.07 bits per heavy atom. The van der Waals surface area contributed by atoms with Crippen LogP contribution in [0.15, 0.2) is 63.9 Å². The number of hydrogen-bond acceptors (Lipinski definition) is 14. The molecular weight excluding hydrogens is 785 g/mol. The molecule has 0 spiro atoms. The number of methoxy groups -OCH3 is 3. The van der Waals surface area contributed by atoms with Gasteiger partial charge in [0.1, 0.15) is 11.1 Å². The summed E-state index contributed by atoms with van der Waals surface area (Å²) >= 11 is 0. The molecule has 0 aliphatic rings. The summed E-state index contributed by atoms with van der Waals surface area (Å²) in [5, 5.41) is 2.32. The highest BCUT2D eigenvalue weighted by Crippen LogP contribution is 2.46. The van der Waals surface area contributed by atoms with Crippen LogP contribution in [0.2, 0.25) is 0 Å². The molecule has 61 heavy (non-hydrogen) atoms. The molecule has 0 aliphatic carbocycles. The molecule has 0 fully saturated rings. The van der Waals surface area contributed by atoms with Crippen molar-refractivity contribution in [2.45, 2.75) is 77.0 Å². The first kappa shape index (κ1) is 44.4. The molecule has 6 aromatic rings. The highest BCUT2D eigenvalue weighted by molar-refractivity contribution is 6.22. The number of ether oxygens (including phenoxy) is 6. The van der Waals surface area contributed by atoms with Gasteiger partial charge in [-0.05, 0) is 106 Å². The van der Waals surface area contributed by atoms with E-state index in [1.54, 1.807) is 53.1 Å². The van der Waals surface area contributed by atoms with Crippen molar-refractivity contribution in [3.05, 3.63) is 65.1 Å². The number of nitrogens with zero attached hydrogens (tertiary/aromatic N) is 1. The fraction of sp³-hybridized carbons (Fsp3) is 0.391. The van der Waals surface area contributed by atoms with Crippen molar-refractivity contribution in [1.82, 2.24) is 4.40 Å². The minimum atomic E-state index is -0.661. The minimum absolute atomic E-state index is 0.0964. The van der Waals surface area contributed by atoms with Crippen molar-refractivity contribution in [2.24, 2.45) is 17.2 Å². The van der Waals surface area contributed by atoms with Gasteiger partial charge in [-0.1, -0.05) is 25.3 Å². The molecule has 0 saturated heterocycles. The number of carbonyl (C=O) groups excluding carboxylic acids is 3. The van der Waals surface area contributed by atoms with Gasteiger partial charge < -0.3 is 54.4 Å². The summed E-state index contributed by atoms with van der Waals surface area (Å²) < 4.78 is 42.3. The number of rotatable bonds is 22. The van der Waals surface area contributed by atoms with Crippen LogP contribution in [0.4, 0.5) is 0 Å². The average Bonchev–Trinajstić information content (AvgIpc) is 3.61. The number of unbranched alkanes of at least 4 members (excludes halogenated alkanes) is 6. The SMILES string of the molecule is COc1cc(-c2c3c4cc(OC)c(OC(=O)CCCCCN)cc4oc(=O)c3n3ccc4cc(OC(=O)CCCCCN)c(OC)cc4c23)ccc1OC(=O)CCCCCN. The summed E-state index contributed by atoms with van der Waals surface area (Å²) in [5.41, 5.74) is 18.3. The second-order valence-corrected chi connectivity index (χ2v) is 14.7. The number of aromatic nitrogens is 1. The first-order chi connectivity index (χ1) is 29.6. The van der Waals surface area contributed by atoms with Gasteiger partial charge in [-0.15, -0.1) is 0 Å². The van der Waals surface area contributed by atoms with Crippen LogP contribution in [0.3, 0.4) is 0 Å². The van der Waals surface area contributed by atoms with Crippen LogP contribution in [0.25, 0.3) is 49.3 Å². The van der Waals surface area contributed by atoms with E-state index in [0.717, 1.165) is 38.5 Å². The predicted octanol–water partition coefficient (Wildman–Crippen LogP) is 7.32. The first-order valence-electron chi connectivity index (χ1n) is 20.7. The zero-order valence-corrected chi connectivity index (χ0v) is 35.0. The molecule has 0 radical (unpaired) electrons. The van der Waals surface area contributed by atoms with Crippen molar-refractivity contribution in [2.75, 3.05) is 41.0 Å². The number of hydrogen-bond donors (Lipinski definition) is 3. The minimum Gasteiger partial charge on any atom is -0.493 e. The Balaban J connectivity index is 1.56. The molecule has 3 aromatic carbocycles. The first-order valence-corrected chi connectivity index (χ1v) is 20.7. The van der Waals surface area contributed by atoms with E-state index >= 15 is 0 Å². The summed E-state index contributed by atoms with van der Waals surface area (Å²) in [7, 11) is 4.42. The third kappa shape index (κ3) is 10.1. The zero-order valence-electron chi connectivity index (χ0n) is 35.0. The monoisotopic (exact) mass is 838 g/mol. The van der Waals surface area contributed by atoms with E-state index in [4.69, 9.17) is 50.0 Å². The van der Waals surface area contributed by atoms with Crippen molar-refractivity contribution < 1.29 is 47.2 Å². The van der Waals surface area contributed by atoms with Crippen LogP contribution in [-0.4, -0.2) is 63.3 Å². The van der Waals surface area contributed by atoms with Gasteiger partial charge in [-0.3, -0.25) is 14.4 Å². The Bertz CT molecular complexity index is 2600. The van der Waals surface area contributed by atoms with Gasteiger partial charge in [0.2, 0.25) is 0 Å². The lowest BCUT2D eigenvalue weighted by Crippen LogP contribution is -2.09. The Morgan fingerprint density at radius 1 is 0.557 bits per heavy atom. The van der Waals surface area contributed by atoms with E-state index in [1.807, 2.05) is 0 Å². The number of nitrogens with two attached hydrogens (primary N) is 3. The molecule has 6 rings (SSSR count). The lowest BCUT2D eigenvalue weighted by Gasteiger charge is -2.14. The molecule has 15 heteroatoms. The maximum absolute atomic E-state index is 14.2. The van der Waals surface area contributed by atoms with Gasteiger partial charge >= 0.3 is 23.5 Å². The molecule has 324 valence electrons. The number of fused-ring (bicyclic) bond motifs is 7. The van der Waals surface area contributed by atoms with Crippen LogP contribution in [0, 0.1) is 0 Å². The van der Waals surface area contributed by atoms with E-state index < -0.39 is 23.5 Å². The van der Waals surface area contributed by atoms with Gasteiger partial charge in [0.15, 0.2) is 34.5 Å². The van der Waals surface area contributed by atoms with Crippen LogP contribution in [0.1, 0.15) is 77.0 Å². The Morgan fingerprint density at radius 3 is 1.61 bits per heavy atom. The standard InChI is InChI=1S/C46H54N4O11/c1-55-34-24-29(16-17-32(34)58-39(51)13-7-4-10-19-47)42-43-31-26-36(57-3)38(60-41(53)15-9-6-12-21-49)27-33(31)61-46(54)45(43)50-22-18-28-23-37(35(56-2)25-30(28)44(42)50)59-40(52)14-8-5-11-20-48/h16-18,22-27H,4-15,19-21,47-49H2,1-3H3. The quantitative estimate of drug-likeness (QED) is 0.0264. The summed E-state index contributed by atoms with van der Waals surface area (Å²) in [6.07, 6.45) is 9.07. The van der Waals surface area contributed by atoms with Crippen molar-refractivity contribution in [1.29, 1.82) is 0 Å². The summed E-state index contributed by atoms with van der Waals surface area (Å²) in [4.78, 5) is 52.9. The van der Waals surface area contributed by atoms with Crippen LogP contribution >= 0.6 is 0 Å². The summed E-state index contributed by atoms with van der Waals surface area (Å²) in [6.45, 7) is 1.64. The van der Waals surface area contributed by atoms with Gasteiger partial charge in [0.05, 0.1) is 26.8 Å². The largest absolute Gasteiger partial charge is 0.493 e. The lowest BCUT2D eigenvalue weighted by atomic mass is 9.97. The average molecular weight is 839 g/mol. The molecule has 15 nitrogen and oxygen atoms in total. The molecule has 0 saturated carbocycles. The van der Waals surface area contributed by atoms with Crippen LogP contribution in [0.5, 0.6) is 34.5 Å². The maximum Gasteiger partial charge on any atom is 0.361 e. The zero-order chi connectivity index (χ0) is 43.5. The lowest BCUT2D eigenvalue weighted by molar-refractivity contribution is -0.135. The van der Waals surface area contributed by atoms with E-state index in [0.29, 0.717) is 82.8 Å². The van der Waals surface area contributed by atoms with Crippen molar-refractivity contribution >= 4 is 56.1 Å². The molecule has 3 heterocycles. The third-order valence-electron chi connectivity index (χ3n) is 10.5. The predicted molar refractivity (Wildman–Crippen MR) is 233 cm³/mol. The van der Waals surface area contributed by atoms with Crippen LogP contribution < -0.4 is 51.2 Å². The fourth-order valence-corrected chi connectivity index (χ4v) is 7.47. The summed E-state index contributed by atoms with van der Waals surface area (Å²) in [6, 6.07) is 13.6. The van der Waals surface area contributed by atoms with Crippen LogP contribution in [-0.2, 0) is 14.4 Å². The number of benzene rings is 3. The molecule has 6 N–H and O–H groups in total. The van der Waals surface area contributed by atoms with Gasteiger partial charge in [0.25, 0.3) is 0 Å². The molecule has 3 aromatic heterocycles. The molecular formula is C46H54N4O11. The van der Waals surface area contributed by atoms with E-state index in [-0.39, 0.29) is 59.1 Å². The van der Waals surface area contributed by atoms with E-state index in [2.05, 4.69) is 0 Å². The number of esters is 3. The van der Waals surface area contributed by atoms with Crippen molar-refractivity contribution in [3.63, 3.8) is 0 Å². The van der Waals surface area contributed by atoms with Gasteiger partial charge in [-0.25, -0.2) is 4.79 Å². The Labute approximate surface area is 352 Å². The highest BCUT2D eigenvalue weighted by atomic mass is 16.6. The second-order valence-electron chi connectivity index (χ2n) is 14.7. The highest BCUT2D eigenvalue weighted by Gasteiger charge is 2.26. The summed E-state index contributed by atoms with van der Waals surface area (Å²) in [5.74, 6) is 0.117. The topological polar surface area (TPSA) is 219 Å².